The van der Waals surface area contributed by atoms with E-state index in [1.807, 2.05) is 108 Å². The second kappa shape index (κ2) is 26.6. The highest BCUT2D eigenvalue weighted by Crippen LogP contribution is 2.60. The van der Waals surface area contributed by atoms with Gasteiger partial charge >= 0.3 is 17.9 Å². The zero-order valence-corrected chi connectivity index (χ0v) is 48.6. The summed E-state index contributed by atoms with van der Waals surface area (Å²) < 4.78 is 31.3. The van der Waals surface area contributed by atoms with E-state index in [0.29, 0.717) is 24.5 Å². The van der Waals surface area contributed by atoms with Crippen molar-refractivity contribution in [2.45, 2.75) is 153 Å². The number of fused-ring (bicyclic) bond motifs is 2. The number of rotatable bonds is 11. The van der Waals surface area contributed by atoms with E-state index in [1.54, 1.807) is 20.3 Å². The summed E-state index contributed by atoms with van der Waals surface area (Å²) in [5, 5.41) is 3.50. The van der Waals surface area contributed by atoms with Crippen LogP contribution in [0.15, 0.2) is 132 Å². The predicted octanol–water partition coefficient (Wildman–Crippen LogP) is 13.4. The van der Waals surface area contributed by atoms with Gasteiger partial charge in [-0.25, -0.2) is 4.79 Å². The van der Waals surface area contributed by atoms with Crippen LogP contribution in [0.5, 0.6) is 11.5 Å². The minimum atomic E-state index is -1.46. The molecule has 3 aliphatic heterocycles. The van der Waals surface area contributed by atoms with Crippen LogP contribution in [0.1, 0.15) is 135 Å². The second-order valence-corrected chi connectivity index (χ2v) is 24.2. The van der Waals surface area contributed by atoms with Crippen LogP contribution in [0.25, 0.3) is 0 Å². The highest BCUT2D eigenvalue weighted by molar-refractivity contribution is 6.68. The number of ether oxygens (including phenoxy) is 6. The molecule has 12 nitrogen and oxygen atoms in total. The Hall–Kier alpha value is -5.24. The Kier molecular flexibility index (Phi) is 21.1. The molecule has 2 aromatic carbocycles. The third-order valence-electron chi connectivity index (χ3n) is 15.4. The smallest absolute Gasteiger partial charge is 0.334 e. The Labute approximate surface area is 471 Å². The van der Waals surface area contributed by atoms with Crippen molar-refractivity contribution < 1.29 is 47.6 Å². The number of hydrogen-bond donors (Lipinski definition) is 1. The van der Waals surface area contributed by atoms with Crippen LogP contribution in [0.3, 0.4) is 0 Å². The van der Waals surface area contributed by atoms with Crippen LogP contribution >= 0.6 is 34.8 Å². The molecular formula is C62H77Cl3N2O10. The van der Waals surface area contributed by atoms with Crippen molar-refractivity contribution in [1.29, 1.82) is 0 Å². The topological polar surface area (TPSA) is 152 Å². The van der Waals surface area contributed by atoms with Gasteiger partial charge in [0.15, 0.2) is 5.78 Å². The summed E-state index contributed by atoms with van der Waals surface area (Å²) in [6.45, 7) is 24.3. The predicted molar refractivity (Wildman–Crippen MR) is 303 cm³/mol. The summed E-state index contributed by atoms with van der Waals surface area (Å²) in [5.41, 5.74) is 7.18. The molecule has 3 saturated heterocycles. The largest absolute Gasteiger partial charge is 0.497 e. The third-order valence-corrected chi connectivity index (χ3v) is 16.1. The van der Waals surface area contributed by atoms with Gasteiger partial charge in [-0.1, -0.05) is 115 Å². The monoisotopic (exact) mass is 1110 g/mol. The molecule has 0 spiro atoms. The number of benzene rings is 2. The van der Waals surface area contributed by atoms with Gasteiger partial charge in [-0.3, -0.25) is 19.4 Å². The minimum absolute atomic E-state index is 0.0570. The standard InChI is InChI=1S/C19H26O3.C17H22O5.C16H15Cl3O2.C10H14N2/c1-7-8-13-12(4)16(10-15(13)20)22-18(21)17-14(9-11(2)3)19(17,5)6;1-9-5-6-14-17(4,22-14)8-13-15(10(2)16(19)21-13)12(7-9)20-11(3)18;1-20-13-7-3-11(4-8-13)15(16(17,18)19)12-5-9-14(21-2)10-6-12;1-2-7-12-10(5-1)9-4-3-6-11-8-9/h7,9,14,16-17H,1,8,10H2,2-6H3;7,12-15H,2,5-6,8H2,1,3-4H3;3-10,15H,1-2H3;3-4,6,8,10,12H,1-2,5,7H2/b;9-7+;;/t;12-,13+,14-,15+,17-;;/m.1../s1. The fraction of sp³-hybridized carbons (Fsp3) is 0.500. The number of esters is 3. The maximum Gasteiger partial charge on any atom is 0.334 e. The molecule has 15 heteroatoms. The van der Waals surface area contributed by atoms with E-state index in [1.165, 1.54) is 37.3 Å². The molecule has 6 aliphatic rings. The Morgan fingerprint density at radius 3 is 2.08 bits per heavy atom. The number of carbonyl (C=O) groups excluding carboxylic acids is 4. The molecule has 4 fully saturated rings. The average Bonchev–Trinajstić information content (AvgIpc) is 4.22. The minimum Gasteiger partial charge on any atom is -0.497 e. The number of allylic oxidation sites excluding steroid dienone is 5. The SMILES string of the molecule is C=C1C(=O)O[C@H]2C[C@@]3(C)O[C@@H]3CC/C(C)=C/[C@@H](OC(C)=O)[C@H]12.C=CCC1=C(C)C(OC(=O)C2C(C=C(C)C)C2(C)C)CC1=O.COc1ccc(C(c2ccc(OC)cc2)C(Cl)(Cl)Cl)cc1.c1cncc(C2CCCCN2)c1. The lowest BCUT2D eigenvalue weighted by molar-refractivity contribution is -0.150. The molecular weight excluding hydrogens is 1040 g/mol. The van der Waals surface area contributed by atoms with Crippen molar-refractivity contribution in [3.05, 3.63) is 149 Å². The van der Waals surface area contributed by atoms with Crippen LogP contribution in [0.2, 0.25) is 0 Å². The number of carbonyl (C=O) groups is 4. The van der Waals surface area contributed by atoms with Crippen molar-refractivity contribution in [2.75, 3.05) is 20.8 Å². The van der Waals surface area contributed by atoms with Crippen LogP contribution < -0.4 is 14.8 Å². The Balaban J connectivity index is 0.000000170. The summed E-state index contributed by atoms with van der Waals surface area (Å²) >= 11 is 18.6. The quantitative estimate of drug-likeness (QED) is 0.0486. The van der Waals surface area contributed by atoms with Crippen LogP contribution in [-0.4, -0.2) is 83.2 Å². The third kappa shape index (κ3) is 16.0. The molecule has 4 unspecified atom stereocenters. The zero-order valence-electron chi connectivity index (χ0n) is 46.3. The summed E-state index contributed by atoms with van der Waals surface area (Å²) in [4.78, 5) is 52.0. The lowest BCUT2D eigenvalue weighted by Gasteiger charge is -2.27. The fourth-order valence-corrected chi connectivity index (χ4v) is 11.6. The van der Waals surface area contributed by atoms with E-state index in [-0.39, 0.29) is 71.0 Å². The molecule has 4 heterocycles. The molecule has 1 saturated carbocycles. The van der Waals surface area contributed by atoms with Crippen molar-refractivity contribution in [3.8, 4) is 11.5 Å². The number of nitrogens with one attached hydrogen (secondary N) is 1. The number of aromatic nitrogens is 1. The van der Waals surface area contributed by atoms with Crippen molar-refractivity contribution in [1.82, 2.24) is 10.3 Å². The highest BCUT2D eigenvalue weighted by Gasteiger charge is 2.62. The van der Waals surface area contributed by atoms with Gasteiger partial charge < -0.3 is 33.7 Å². The van der Waals surface area contributed by atoms with Crippen molar-refractivity contribution in [2.24, 2.45) is 23.2 Å². The van der Waals surface area contributed by atoms with E-state index < -0.39 is 22.0 Å². The summed E-state index contributed by atoms with van der Waals surface area (Å²) in [7, 11) is 3.23. The highest BCUT2D eigenvalue weighted by atomic mass is 35.6. The van der Waals surface area contributed by atoms with Gasteiger partial charge in [0.1, 0.15) is 29.8 Å². The van der Waals surface area contributed by atoms with E-state index in [4.69, 9.17) is 63.2 Å². The first-order valence-electron chi connectivity index (χ1n) is 26.5. The van der Waals surface area contributed by atoms with Crippen LogP contribution in [0.4, 0.5) is 0 Å². The van der Waals surface area contributed by atoms with Gasteiger partial charge in [0.2, 0.25) is 3.79 Å². The number of methoxy groups -OCH3 is 2. The molecule has 1 N–H and O–H groups in total. The van der Waals surface area contributed by atoms with Crippen molar-refractivity contribution in [3.63, 3.8) is 0 Å². The maximum atomic E-state index is 12.5. The van der Waals surface area contributed by atoms with Crippen molar-refractivity contribution >= 4 is 58.5 Å². The Bertz CT molecular complexity index is 2620. The molecule has 0 radical (unpaired) electrons. The number of piperidine rings is 1. The van der Waals surface area contributed by atoms with Gasteiger partial charge in [-0.2, -0.15) is 0 Å². The van der Waals surface area contributed by atoms with E-state index in [2.05, 4.69) is 49.4 Å². The Morgan fingerprint density at radius 2 is 1.56 bits per heavy atom. The molecule has 0 amide bonds. The second-order valence-electron chi connectivity index (χ2n) is 21.8. The number of halogens is 3. The summed E-state index contributed by atoms with van der Waals surface area (Å²) in [5.74, 6) is 0.0592. The molecule has 0 bridgehead atoms. The van der Waals surface area contributed by atoms with E-state index in [9.17, 15) is 19.2 Å². The van der Waals surface area contributed by atoms with Gasteiger partial charge in [-0.15, -0.1) is 6.58 Å². The van der Waals surface area contributed by atoms with Crippen LogP contribution in [-0.2, 0) is 38.1 Å². The molecule has 416 valence electrons. The maximum absolute atomic E-state index is 12.5. The fourth-order valence-electron chi connectivity index (χ4n) is 10.9. The first-order chi connectivity index (χ1) is 36.4. The number of nitrogens with zero attached hydrogens (tertiary/aromatic N) is 1. The molecule has 1 aromatic heterocycles. The van der Waals surface area contributed by atoms with E-state index in [0.717, 1.165) is 58.7 Å². The number of epoxide rings is 1. The van der Waals surface area contributed by atoms with Crippen LogP contribution in [0, 0.1) is 23.2 Å². The average molecular weight is 1120 g/mol. The number of ketones is 1. The normalized spacial score (nSPS) is 27.6. The lowest BCUT2D eigenvalue weighted by atomic mass is 9.83. The number of hydrogen-bond acceptors (Lipinski definition) is 12. The van der Waals surface area contributed by atoms with Gasteiger partial charge in [0.25, 0.3) is 0 Å². The van der Waals surface area contributed by atoms with E-state index >= 15 is 0 Å². The molecule has 77 heavy (non-hydrogen) atoms. The molecule has 9 rings (SSSR count). The van der Waals surface area contributed by atoms with Gasteiger partial charge in [0, 0.05) is 42.9 Å². The molecule has 3 aliphatic carbocycles. The number of alkyl halides is 3. The zero-order chi connectivity index (χ0) is 56.4. The summed E-state index contributed by atoms with van der Waals surface area (Å²) in [6.07, 6.45) is 15.7. The molecule has 3 aromatic rings. The number of pyridine rings is 1. The first kappa shape index (κ1) is 61.0. The van der Waals surface area contributed by atoms with Gasteiger partial charge in [0.05, 0.1) is 50.1 Å². The number of Topliss-reactive ketones (excluding diaryl/α,β-unsaturated/α-hetero) is 1. The summed E-state index contributed by atoms with van der Waals surface area (Å²) in [6, 6.07) is 19.7. The Morgan fingerprint density at radius 1 is 0.922 bits per heavy atom. The first-order valence-corrected chi connectivity index (χ1v) is 27.6. The lowest BCUT2D eigenvalue weighted by Crippen LogP contribution is -2.35. The molecule has 9 atom stereocenters. The van der Waals surface area contributed by atoms with Gasteiger partial charge in [-0.05, 0) is 143 Å².